The largest absolute Gasteiger partial charge is 0.456 e. The van der Waals surface area contributed by atoms with Crippen LogP contribution in [0.15, 0.2) is 130 Å². The van der Waals surface area contributed by atoms with Crippen LogP contribution in [0.3, 0.4) is 0 Å². The number of fused-ring (bicyclic) bond motifs is 10. The predicted molar refractivity (Wildman–Crippen MR) is 312 cm³/mol. The van der Waals surface area contributed by atoms with Gasteiger partial charge in [-0.15, -0.1) is 10.9 Å². The van der Waals surface area contributed by atoms with Crippen molar-refractivity contribution in [2.45, 2.75) is 0 Å². The molecule has 8 aromatic carbocycles. The number of furan rings is 2. The van der Waals surface area contributed by atoms with Gasteiger partial charge in [0.25, 0.3) is 0 Å². The Morgan fingerprint density at radius 2 is 0.836 bits per heavy atom. The summed E-state index contributed by atoms with van der Waals surface area (Å²) in [7, 11) is 22.6. The molecule has 16 heteroatoms. The van der Waals surface area contributed by atoms with Crippen LogP contribution in [-0.4, -0.2) is 98.0 Å². The zero-order valence-corrected chi connectivity index (χ0v) is 39.7. The SMILES string of the molecule is Bc1c(B)c(B)c2c(oc3c2c(B)c(B)c2c4c(B)c(B)c(B)c(B)c4n(-c4cccc5oc6cc(-c7nc(-c8ccccc8)nc(-c8cccc(-c9ccccc9)c8)n7)ccc6c45)c32)c1B. The van der Waals surface area contributed by atoms with Crippen LogP contribution in [0, 0.1) is 0 Å². The van der Waals surface area contributed by atoms with E-state index in [4.69, 9.17) is 23.8 Å². The van der Waals surface area contributed by atoms with Crippen molar-refractivity contribution in [3.05, 3.63) is 121 Å². The molecule has 0 aliphatic heterocycles. The van der Waals surface area contributed by atoms with Crippen molar-refractivity contribution in [3.63, 3.8) is 0 Å². The van der Waals surface area contributed by atoms with Gasteiger partial charge in [0, 0.05) is 43.8 Å². The molecule has 306 valence electrons. The minimum atomic E-state index is 0.574. The number of benzene rings is 8. The molecule has 0 aliphatic carbocycles. The van der Waals surface area contributed by atoms with Crippen molar-refractivity contribution in [1.82, 2.24) is 19.5 Å². The molecule has 0 aliphatic rings. The van der Waals surface area contributed by atoms with Gasteiger partial charge in [-0.3, -0.25) is 0 Å². The molecule has 0 amide bonds. The van der Waals surface area contributed by atoms with Crippen LogP contribution in [0.2, 0.25) is 0 Å². The third-order valence-corrected chi connectivity index (χ3v) is 15.3. The van der Waals surface area contributed by atoms with Gasteiger partial charge in [0.2, 0.25) is 0 Å². The molecule has 0 fully saturated rings. The van der Waals surface area contributed by atoms with Gasteiger partial charge in [-0.05, 0) is 46.8 Å². The molecule has 67 heavy (non-hydrogen) atoms. The van der Waals surface area contributed by atoms with Crippen LogP contribution in [0.1, 0.15) is 0 Å². The number of hydrogen-bond donors (Lipinski definition) is 0. The lowest BCUT2D eigenvalue weighted by atomic mass is 9.64. The summed E-state index contributed by atoms with van der Waals surface area (Å²) >= 11 is 0. The molecular formula is C51H40B10N4O2. The summed E-state index contributed by atoms with van der Waals surface area (Å²) in [6.45, 7) is 0. The van der Waals surface area contributed by atoms with Gasteiger partial charge < -0.3 is 13.4 Å². The van der Waals surface area contributed by atoms with Crippen LogP contribution < -0.4 is 54.6 Å². The van der Waals surface area contributed by atoms with Crippen molar-refractivity contribution in [2.24, 2.45) is 0 Å². The molecular weight excluding hydrogens is 809 g/mol. The van der Waals surface area contributed by atoms with Crippen molar-refractivity contribution in [3.8, 4) is 51.0 Å². The summed E-state index contributed by atoms with van der Waals surface area (Å²) in [5.41, 5.74) is 24.5. The second-order valence-electron chi connectivity index (χ2n) is 18.6. The molecule has 0 N–H and O–H groups in total. The molecule has 12 rings (SSSR count). The molecule has 4 heterocycles. The Morgan fingerprint density at radius 3 is 1.54 bits per heavy atom. The van der Waals surface area contributed by atoms with E-state index in [2.05, 4.69) is 168 Å². The third kappa shape index (κ3) is 6.01. The van der Waals surface area contributed by atoms with Crippen LogP contribution in [0.4, 0.5) is 0 Å². The molecule has 0 unspecified atom stereocenters. The quantitative estimate of drug-likeness (QED) is 0.166. The second kappa shape index (κ2) is 15.2. The van der Waals surface area contributed by atoms with E-state index < -0.39 is 0 Å². The Bertz CT molecular complexity index is 4110. The Morgan fingerprint density at radius 1 is 0.328 bits per heavy atom. The van der Waals surface area contributed by atoms with Gasteiger partial charge in [0.15, 0.2) is 23.1 Å². The van der Waals surface area contributed by atoms with Gasteiger partial charge in [-0.1, -0.05) is 135 Å². The summed E-state index contributed by atoms with van der Waals surface area (Å²) in [4.78, 5) is 15.3. The van der Waals surface area contributed by atoms with E-state index in [0.29, 0.717) is 17.5 Å². The summed E-state index contributed by atoms with van der Waals surface area (Å²) < 4.78 is 16.7. The van der Waals surface area contributed by atoms with E-state index in [9.17, 15) is 0 Å². The number of hydrogen-bond acceptors (Lipinski definition) is 5. The van der Waals surface area contributed by atoms with Gasteiger partial charge in [-0.25, -0.2) is 15.0 Å². The summed E-state index contributed by atoms with van der Waals surface area (Å²) in [6, 6.07) is 41.8. The van der Waals surface area contributed by atoms with Crippen molar-refractivity contribution >= 4 is 199 Å². The fourth-order valence-electron chi connectivity index (χ4n) is 10.9. The fourth-order valence-corrected chi connectivity index (χ4v) is 10.9. The van der Waals surface area contributed by atoms with E-state index in [1.54, 1.807) is 0 Å². The first-order chi connectivity index (χ1) is 32.4. The lowest BCUT2D eigenvalue weighted by Crippen LogP contribution is -2.48. The highest BCUT2D eigenvalue weighted by atomic mass is 16.3. The first-order valence-corrected chi connectivity index (χ1v) is 23.2. The van der Waals surface area contributed by atoms with Crippen LogP contribution >= 0.6 is 0 Å². The maximum Gasteiger partial charge on any atom is 0.164 e. The zero-order valence-electron chi connectivity index (χ0n) is 39.7. The topological polar surface area (TPSA) is 69.9 Å². The van der Waals surface area contributed by atoms with E-state index >= 15 is 0 Å². The maximum absolute atomic E-state index is 7.28. The van der Waals surface area contributed by atoms with Gasteiger partial charge in [-0.2, -0.15) is 0 Å². The summed E-state index contributed by atoms with van der Waals surface area (Å²) in [5.74, 6) is 1.79. The molecule has 4 aromatic heterocycles. The molecule has 0 radical (unpaired) electrons. The van der Waals surface area contributed by atoms with E-state index in [1.165, 1.54) is 81.7 Å². The Labute approximate surface area is 397 Å². The first kappa shape index (κ1) is 41.3. The minimum absolute atomic E-state index is 0.574. The number of rotatable bonds is 5. The minimum Gasteiger partial charge on any atom is -0.456 e. The Balaban J connectivity index is 1.12. The highest BCUT2D eigenvalue weighted by Gasteiger charge is 2.29. The van der Waals surface area contributed by atoms with Gasteiger partial charge in [0.1, 0.15) is 95.2 Å². The lowest BCUT2D eigenvalue weighted by Gasteiger charge is -2.16. The Hall–Kier alpha value is -7.18. The van der Waals surface area contributed by atoms with E-state index in [-0.39, 0.29) is 0 Å². The predicted octanol–water partition coefficient (Wildman–Crippen LogP) is -3.98. The lowest BCUT2D eigenvalue weighted by molar-refractivity contribution is 0.668. The standard InChI is InChI=1S/C51H40B10N4O2/c52-35-32-31-36(53)39(56)41(58)43(60)45(31)65(46(32)48-34(37(35)54)33-38(55)40(57)42(59)44(61)47(33)67-48)27-15-8-16-28-30(27)26-18-17-25(20-29(26)66-28)51-63-49(22-11-5-2-6-12-22)62-50(64-51)24-14-7-13-23(19-24)21-9-3-1-4-10-21/h1-20H,52-61H2. The Kier molecular flexibility index (Phi) is 9.35. The fraction of sp³-hybridized carbons (Fsp3) is 0. The molecule has 0 spiro atoms. The van der Waals surface area contributed by atoms with Crippen LogP contribution in [-0.2, 0) is 0 Å². The van der Waals surface area contributed by atoms with E-state index in [0.717, 1.165) is 72.1 Å². The normalized spacial score (nSPS) is 11.9. The van der Waals surface area contributed by atoms with Crippen molar-refractivity contribution < 1.29 is 8.83 Å². The third-order valence-electron chi connectivity index (χ3n) is 15.3. The molecule has 0 saturated carbocycles. The average molecular weight is 849 g/mol. The molecule has 12 aromatic rings. The van der Waals surface area contributed by atoms with Crippen LogP contribution in [0.5, 0.6) is 0 Å². The van der Waals surface area contributed by atoms with Gasteiger partial charge >= 0.3 is 0 Å². The monoisotopic (exact) mass is 850 g/mol. The molecule has 0 bridgehead atoms. The molecule has 0 atom stereocenters. The molecule has 0 saturated heterocycles. The maximum atomic E-state index is 7.28. The second-order valence-corrected chi connectivity index (χ2v) is 18.6. The zero-order chi connectivity index (χ0) is 46.2. The summed E-state index contributed by atoms with van der Waals surface area (Å²) in [6.07, 6.45) is 0. The number of aromatic nitrogens is 4. The smallest absolute Gasteiger partial charge is 0.164 e. The van der Waals surface area contributed by atoms with Crippen molar-refractivity contribution in [1.29, 1.82) is 0 Å². The number of nitrogens with zero attached hydrogens (tertiary/aromatic N) is 4. The van der Waals surface area contributed by atoms with E-state index in [1.807, 2.05) is 36.4 Å². The van der Waals surface area contributed by atoms with Crippen molar-refractivity contribution in [2.75, 3.05) is 0 Å². The van der Waals surface area contributed by atoms with Crippen LogP contribution in [0.25, 0.3) is 117 Å². The highest BCUT2D eigenvalue weighted by Crippen LogP contribution is 2.41. The van der Waals surface area contributed by atoms with Gasteiger partial charge in [0.05, 0.1) is 16.6 Å². The highest BCUT2D eigenvalue weighted by molar-refractivity contribution is 6.71. The molecule has 6 nitrogen and oxygen atoms in total. The average Bonchev–Trinajstić information content (AvgIpc) is 4.07. The summed E-state index contributed by atoms with van der Waals surface area (Å²) in [5, 5.41) is 6.99. The first-order valence-electron chi connectivity index (χ1n) is 23.2.